The Morgan fingerprint density at radius 1 is 1.80 bits per heavy atom. The topological polar surface area (TPSA) is 54.4 Å². The van der Waals surface area contributed by atoms with Crippen molar-refractivity contribution in [1.82, 2.24) is 0 Å². The maximum absolute atomic E-state index is 10.9. The van der Waals surface area contributed by atoms with Crippen LogP contribution in [0.2, 0.25) is 0 Å². The highest BCUT2D eigenvalue weighted by atomic mass is 31.1. The number of rotatable bonds is 2. The second-order valence-corrected chi connectivity index (χ2v) is 4.06. The maximum Gasteiger partial charge on any atom is 0.350 e. The van der Waals surface area contributed by atoms with Crippen molar-refractivity contribution in [3.63, 3.8) is 0 Å². The van der Waals surface area contributed by atoms with E-state index in [0.717, 1.165) is 0 Å². The van der Waals surface area contributed by atoms with Gasteiger partial charge in [0.15, 0.2) is 11.8 Å². The van der Waals surface area contributed by atoms with Crippen LogP contribution in [-0.2, 0) is 9.36 Å². The lowest BCUT2D eigenvalue weighted by atomic mass is 10.3. The van der Waals surface area contributed by atoms with Crippen molar-refractivity contribution in [1.29, 1.82) is 0 Å². The van der Waals surface area contributed by atoms with Gasteiger partial charge < -0.3 is 5.11 Å². The van der Waals surface area contributed by atoms with Crippen molar-refractivity contribution in [2.24, 2.45) is 0 Å². The van der Waals surface area contributed by atoms with Crippen molar-refractivity contribution < 1.29 is 14.5 Å². The monoisotopic (exact) mass is 159 g/mol. The first-order chi connectivity index (χ1) is 4.70. The van der Waals surface area contributed by atoms with E-state index in [-0.39, 0.29) is 12.1 Å². The van der Waals surface area contributed by atoms with E-state index < -0.39 is 13.8 Å². The molecule has 0 fully saturated rings. The molecule has 0 bridgehead atoms. The molecule has 0 aliphatic carbocycles. The fraction of sp³-hybridized carbons (Fsp3) is 0.500. The van der Waals surface area contributed by atoms with E-state index in [1.807, 2.05) is 0 Å². The Balaban J connectivity index is 2.48. The summed E-state index contributed by atoms with van der Waals surface area (Å²) in [4.78, 5) is 10.1. The molecule has 0 amide bonds. The molecule has 2 atom stereocenters. The molecule has 0 saturated heterocycles. The van der Waals surface area contributed by atoms with Gasteiger partial charge in [0.05, 0.1) is 6.42 Å². The summed E-state index contributed by atoms with van der Waals surface area (Å²) in [5.74, 6) is -0.875. The van der Waals surface area contributed by atoms with Gasteiger partial charge in [-0.25, -0.2) is 0 Å². The molecule has 0 radical (unpaired) electrons. The van der Waals surface area contributed by atoms with Gasteiger partial charge in [0, 0.05) is 0 Å². The minimum absolute atomic E-state index is 0.00566. The lowest BCUT2D eigenvalue weighted by Gasteiger charge is -1.89. The fourth-order valence-corrected chi connectivity index (χ4v) is 2.18. The molecule has 1 rings (SSSR count). The zero-order valence-corrected chi connectivity index (χ0v) is 6.25. The Hall–Kier alpha value is -0.690. The number of carbonyl (C=O) groups is 1. The smallest absolute Gasteiger partial charge is 0.350 e. The molecule has 0 aromatic heterocycles. The molecule has 1 aliphatic heterocycles. The predicted molar refractivity (Wildman–Crippen MR) is 37.7 cm³/mol. The Kier molecular flexibility index (Phi) is 2.17. The first-order valence-corrected chi connectivity index (χ1v) is 4.54. The molecule has 1 heterocycles. The Morgan fingerprint density at radius 2 is 2.50 bits per heavy atom. The fourth-order valence-electron chi connectivity index (χ4n) is 0.902. The van der Waals surface area contributed by atoms with Crippen LogP contribution in [0.4, 0.5) is 0 Å². The summed E-state index contributed by atoms with van der Waals surface area (Å²) in [5, 5.41) is 8.33. The van der Waals surface area contributed by atoms with Gasteiger partial charge in [-0.15, -0.1) is 0 Å². The van der Waals surface area contributed by atoms with Gasteiger partial charge in [0.25, 0.3) is 0 Å². The SMILES string of the molecule is O=C(O)C[C@@H]1C=CC[P+]1=O. The van der Waals surface area contributed by atoms with E-state index in [1.54, 1.807) is 12.2 Å². The summed E-state index contributed by atoms with van der Waals surface area (Å²) in [7, 11) is -1.30. The van der Waals surface area contributed by atoms with Crippen molar-refractivity contribution in [2.45, 2.75) is 12.1 Å². The van der Waals surface area contributed by atoms with Gasteiger partial charge in [-0.2, -0.15) is 0 Å². The highest BCUT2D eigenvalue weighted by Gasteiger charge is 2.32. The van der Waals surface area contributed by atoms with Gasteiger partial charge in [-0.3, -0.25) is 4.79 Å². The molecule has 54 valence electrons. The Labute approximate surface area is 59.5 Å². The molecule has 4 heteroatoms. The van der Waals surface area contributed by atoms with Crippen LogP contribution < -0.4 is 0 Å². The zero-order chi connectivity index (χ0) is 7.56. The predicted octanol–water partition coefficient (Wildman–Crippen LogP) is 1.23. The van der Waals surface area contributed by atoms with Crippen molar-refractivity contribution in [3.8, 4) is 0 Å². The Morgan fingerprint density at radius 3 is 2.90 bits per heavy atom. The lowest BCUT2D eigenvalue weighted by Crippen LogP contribution is -2.04. The number of hydrogen-bond acceptors (Lipinski definition) is 2. The summed E-state index contributed by atoms with van der Waals surface area (Å²) in [6, 6.07) is 0. The number of carboxylic acid groups (broad SMARTS) is 1. The summed E-state index contributed by atoms with van der Waals surface area (Å²) in [6.45, 7) is 0. The summed E-state index contributed by atoms with van der Waals surface area (Å²) >= 11 is 0. The zero-order valence-electron chi connectivity index (χ0n) is 5.36. The molecule has 1 aliphatic rings. The molecular formula is C6H8O3P+. The lowest BCUT2D eigenvalue weighted by molar-refractivity contribution is -0.136. The van der Waals surface area contributed by atoms with Crippen LogP contribution in [0.5, 0.6) is 0 Å². The van der Waals surface area contributed by atoms with E-state index in [9.17, 15) is 9.36 Å². The first kappa shape index (κ1) is 7.42. The van der Waals surface area contributed by atoms with E-state index in [4.69, 9.17) is 5.11 Å². The minimum atomic E-state index is -1.30. The molecule has 0 aromatic carbocycles. The van der Waals surface area contributed by atoms with Crippen LogP contribution >= 0.6 is 7.80 Å². The first-order valence-electron chi connectivity index (χ1n) is 3.02. The summed E-state index contributed by atoms with van der Waals surface area (Å²) in [5.41, 5.74) is -0.215. The number of aliphatic carboxylic acids is 1. The third kappa shape index (κ3) is 1.64. The van der Waals surface area contributed by atoms with Gasteiger partial charge >= 0.3 is 13.8 Å². The number of allylic oxidation sites excluding steroid dienone is 2. The van der Waals surface area contributed by atoms with E-state index in [2.05, 4.69) is 0 Å². The minimum Gasteiger partial charge on any atom is -0.481 e. The molecular weight excluding hydrogens is 151 g/mol. The molecule has 0 saturated carbocycles. The van der Waals surface area contributed by atoms with E-state index >= 15 is 0 Å². The number of hydrogen-bond donors (Lipinski definition) is 1. The maximum atomic E-state index is 10.9. The van der Waals surface area contributed by atoms with Crippen LogP contribution in [0.15, 0.2) is 12.2 Å². The second-order valence-electron chi connectivity index (χ2n) is 2.19. The van der Waals surface area contributed by atoms with Crippen molar-refractivity contribution in [2.75, 3.05) is 6.16 Å². The molecule has 0 spiro atoms. The number of carboxylic acids is 1. The molecule has 10 heavy (non-hydrogen) atoms. The van der Waals surface area contributed by atoms with Gasteiger partial charge in [-0.1, -0.05) is 4.57 Å². The molecule has 3 nitrogen and oxygen atoms in total. The van der Waals surface area contributed by atoms with Gasteiger partial charge in [0.2, 0.25) is 0 Å². The van der Waals surface area contributed by atoms with Crippen molar-refractivity contribution >= 4 is 13.8 Å². The average Bonchev–Trinajstić information content (AvgIpc) is 2.15. The highest BCUT2D eigenvalue weighted by Crippen LogP contribution is 2.36. The molecule has 1 unspecified atom stereocenters. The van der Waals surface area contributed by atoms with Crippen LogP contribution in [0, 0.1) is 0 Å². The third-order valence-corrected chi connectivity index (χ3v) is 3.06. The molecule has 1 N–H and O–H groups in total. The Bertz CT molecular complexity index is 197. The molecule has 0 aromatic rings. The summed E-state index contributed by atoms with van der Waals surface area (Å²) in [6.07, 6.45) is 4.07. The second kappa shape index (κ2) is 2.93. The van der Waals surface area contributed by atoms with E-state index in [1.165, 1.54) is 0 Å². The standard InChI is InChI=1S/C6H7O3P/c7-6(8)4-5-2-1-3-10(5)9/h1-2,5H,3-4H2/p+1/t5-/m0/s1. The van der Waals surface area contributed by atoms with Crippen LogP contribution in [0.3, 0.4) is 0 Å². The quantitative estimate of drug-likeness (QED) is 0.487. The van der Waals surface area contributed by atoms with Crippen LogP contribution in [-0.4, -0.2) is 22.9 Å². The normalized spacial score (nSPS) is 27.2. The third-order valence-electron chi connectivity index (χ3n) is 1.40. The van der Waals surface area contributed by atoms with Crippen LogP contribution in [0.1, 0.15) is 6.42 Å². The highest BCUT2D eigenvalue weighted by molar-refractivity contribution is 7.46. The van der Waals surface area contributed by atoms with Gasteiger partial charge in [0.1, 0.15) is 0 Å². The average molecular weight is 159 g/mol. The van der Waals surface area contributed by atoms with E-state index in [0.29, 0.717) is 6.16 Å². The van der Waals surface area contributed by atoms with Crippen LogP contribution in [0.25, 0.3) is 0 Å². The largest absolute Gasteiger partial charge is 0.481 e. The van der Waals surface area contributed by atoms with Crippen molar-refractivity contribution in [3.05, 3.63) is 12.2 Å². The summed E-state index contributed by atoms with van der Waals surface area (Å²) < 4.78 is 10.9. The van der Waals surface area contributed by atoms with Gasteiger partial charge in [-0.05, 0) is 12.2 Å².